The van der Waals surface area contributed by atoms with E-state index in [0.717, 1.165) is 18.7 Å². The van der Waals surface area contributed by atoms with Crippen molar-refractivity contribution in [2.75, 3.05) is 42.9 Å². The lowest BCUT2D eigenvalue weighted by molar-refractivity contribution is -0.134. The number of carbonyl (C=O) groups excluding carboxylic acids is 1. The fourth-order valence-corrected chi connectivity index (χ4v) is 4.09. The molecule has 2 N–H and O–H groups in total. The lowest BCUT2D eigenvalue weighted by Crippen LogP contribution is -2.49. The predicted molar refractivity (Wildman–Crippen MR) is 118 cm³/mol. The van der Waals surface area contributed by atoms with Gasteiger partial charge < -0.3 is 19.9 Å². The van der Waals surface area contributed by atoms with Crippen molar-refractivity contribution in [1.82, 2.24) is 20.1 Å². The van der Waals surface area contributed by atoms with Crippen LogP contribution in [0.25, 0.3) is 0 Å². The number of aromatic nitrogens is 3. The molecule has 1 amide bonds. The van der Waals surface area contributed by atoms with Crippen LogP contribution in [0.4, 0.5) is 11.5 Å². The molecule has 0 radical (unpaired) electrons. The fourth-order valence-electron chi connectivity index (χ4n) is 4.09. The Bertz CT molecular complexity index is 1040. The van der Waals surface area contributed by atoms with Crippen molar-refractivity contribution in [2.24, 2.45) is 0 Å². The van der Waals surface area contributed by atoms with Crippen LogP contribution >= 0.6 is 0 Å². The Hall–Kier alpha value is -3.45. The van der Waals surface area contributed by atoms with Gasteiger partial charge in [0.2, 0.25) is 5.91 Å². The zero-order chi connectivity index (χ0) is 22.5. The summed E-state index contributed by atoms with van der Waals surface area (Å²) >= 11 is 0. The number of piperazine rings is 1. The number of H-pyrrole nitrogens is 1. The van der Waals surface area contributed by atoms with E-state index in [1.165, 1.54) is 0 Å². The van der Waals surface area contributed by atoms with Gasteiger partial charge in [0.15, 0.2) is 0 Å². The number of pyridine rings is 1. The Labute approximate surface area is 186 Å². The van der Waals surface area contributed by atoms with Gasteiger partial charge in [-0.1, -0.05) is 0 Å². The van der Waals surface area contributed by atoms with Crippen LogP contribution in [0.1, 0.15) is 30.4 Å². The highest BCUT2D eigenvalue weighted by atomic mass is 16.5. The number of hydrogen-bond acceptors (Lipinski definition) is 8. The fraction of sp³-hybridized carbons (Fsp3) is 0.500. The molecule has 2 aliphatic rings. The smallest absolute Gasteiger partial charge is 0.269 e. The number of hydrogen-bond donors (Lipinski definition) is 2. The zero-order valence-electron chi connectivity index (χ0n) is 18.1. The van der Waals surface area contributed by atoms with Gasteiger partial charge in [-0.15, -0.1) is 0 Å². The van der Waals surface area contributed by atoms with E-state index in [0.29, 0.717) is 56.0 Å². The monoisotopic (exact) mass is 437 g/mol. The largest absolute Gasteiger partial charge is 0.381 e. The van der Waals surface area contributed by atoms with Crippen LogP contribution in [0.5, 0.6) is 0 Å². The molecule has 0 unspecified atom stereocenters. The van der Waals surface area contributed by atoms with E-state index in [1.54, 1.807) is 25.4 Å². The van der Waals surface area contributed by atoms with Crippen molar-refractivity contribution >= 4 is 17.4 Å². The third-order valence-electron chi connectivity index (χ3n) is 6.06. The first-order valence-corrected chi connectivity index (χ1v) is 10.9. The van der Waals surface area contributed by atoms with E-state index in [9.17, 15) is 9.59 Å². The number of nitriles is 1. The number of rotatable bonds is 6. The maximum atomic E-state index is 12.8. The number of carbonyl (C=O) groups is 1. The van der Waals surface area contributed by atoms with Crippen molar-refractivity contribution in [2.45, 2.75) is 38.4 Å². The number of nitrogens with zero attached hydrogens (tertiary/aromatic N) is 5. The summed E-state index contributed by atoms with van der Waals surface area (Å²) in [6, 6.07) is 5.68. The van der Waals surface area contributed by atoms with Crippen LogP contribution in [0.15, 0.2) is 29.3 Å². The van der Waals surface area contributed by atoms with Crippen molar-refractivity contribution < 1.29 is 9.53 Å². The highest BCUT2D eigenvalue weighted by Crippen LogP contribution is 2.24. The average Bonchev–Trinajstić information content (AvgIpc) is 3.27. The zero-order valence-corrected chi connectivity index (χ0v) is 18.1. The number of amides is 1. The van der Waals surface area contributed by atoms with Crippen LogP contribution in [-0.4, -0.2) is 70.9 Å². The Morgan fingerprint density at radius 3 is 2.75 bits per heavy atom. The van der Waals surface area contributed by atoms with Crippen LogP contribution in [0.3, 0.4) is 0 Å². The molecule has 10 nitrogen and oxygen atoms in total. The Morgan fingerprint density at radius 2 is 2.03 bits per heavy atom. The van der Waals surface area contributed by atoms with Crippen LogP contribution in [-0.2, 0) is 9.53 Å². The molecule has 2 atom stereocenters. The Morgan fingerprint density at radius 1 is 1.25 bits per heavy atom. The molecule has 2 aromatic rings. The summed E-state index contributed by atoms with van der Waals surface area (Å²) < 4.78 is 6.06. The number of ether oxygens (including phenoxy) is 1. The second-order valence-electron chi connectivity index (χ2n) is 8.16. The van der Waals surface area contributed by atoms with Gasteiger partial charge in [0.25, 0.3) is 5.56 Å². The first-order valence-electron chi connectivity index (χ1n) is 10.9. The van der Waals surface area contributed by atoms with E-state index in [2.05, 4.69) is 31.5 Å². The predicted octanol–water partition coefficient (Wildman–Crippen LogP) is 1.04. The molecule has 2 saturated heterocycles. The first kappa shape index (κ1) is 21.8. The molecule has 10 heteroatoms. The Balaban J connectivity index is 1.20. The number of nitrogens with one attached hydrogen (secondary N) is 2. The molecule has 0 saturated carbocycles. The molecular weight excluding hydrogens is 410 g/mol. The standard InChI is InChI=1S/C22H27N7O3/c1-15-19(14-26-27-22(15)31)24-13-18-4-3-17(32-18)10-21(30)29-8-6-28(7-9-29)20-5-2-16(11-23)12-25-20/h2,5,12,14,17-18H,3-4,6-10,13H2,1H3,(H2,24,27,31)/t17-,18-/m1/s1. The molecule has 2 fully saturated rings. The summed E-state index contributed by atoms with van der Waals surface area (Å²) in [6.45, 7) is 5.04. The average molecular weight is 438 g/mol. The Kier molecular flexibility index (Phi) is 6.66. The van der Waals surface area contributed by atoms with Crippen molar-refractivity contribution in [3.05, 3.63) is 46.0 Å². The lowest BCUT2D eigenvalue weighted by atomic mass is 10.1. The molecule has 32 heavy (non-hydrogen) atoms. The van der Waals surface area contributed by atoms with Crippen LogP contribution in [0.2, 0.25) is 0 Å². The van der Waals surface area contributed by atoms with Gasteiger partial charge in [0.1, 0.15) is 11.9 Å². The summed E-state index contributed by atoms with van der Waals surface area (Å²) in [5, 5.41) is 18.3. The van der Waals surface area contributed by atoms with Gasteiger partial charge in [0, 0.05) is 44.5 Å². The molecule has 0 spiro atoms. The topological polar surface area (TPSA) is 127 Å². The molecule has 0 aliphatic carbocycles. The van der Waals surface area contributed by atoms with E-state index >= 15 is 0 Å². The van der Waals surface area contributed by atoms with Gasteiger partial charge in [-0.25, -0.2) is 10.1 Å². The van der Waals surface area contributed by atoms with Crippen LogP contribution in [0, 0.1) is 18.3 Å². The molecule has 4 heterocycles. The van der Waals surface area contributed by atoms with Gasteiger partial charge in [-0.2, -0.15) is 10.4 Å². The minimum Gasteiger partial charge on any atom is -0.381 e. The highest BCUT2D eigenvalue weighted by molar-refractivity contribution is 5.77. The quantitative estimate of drug-likeness (QED) is 0.686. The van der Waals surface area contributed by atoms with Crippen molar-refractivity contribution in [3.8, 4) is 6.07 Å². The maximum Gasteiger partial charge on any atom is 0.269 e. The summed E-state index contributed by atoms with van der Waals surface area (Å²) in [7, 11) is 0. The first-order chi connectivity index (χ1) is 15.5. The molecule has 168 valence electrons. The highest BCUT2D eigenvalue weighted by Gasteiger charge is 2.30. The van der Waals surface area contributed by atoms with Gasteiger partial charge >= 0.3 is 0 Å². The number of aromatic amines is 1. The third kappa shape index (κ3) is 5.06. The molecule has 4 rings (SSSR count). The minimum atomic E-state index is -0.208. The second kappa shape index (κ2) is 9.78. The summed E-state index contributed by atoms with van der Waals surface area (Å²) in [4.78, 5) is 32.8. The van der Waals surface area contributed by atoms with E-state index < -0.39 is 0 Å². The second-order valence-corrected chi connectivity index (χ2v) is 8.16. The molecule has 2 aliphatic heterocycles. The summed E-state index contributed by atoms with van der Waals surface area (Å²) in [6.07, 6.45) is 5.20. The van der Waals surface area contributed by atoms with Crippen molar-refractivity contribution in [1.29, 1.82) is 5.26 Å². The third-order valence-corrected chi connectivity index (χ3v) is 6.06. The molecule has 0 aromatic carbocycles. The van der Waals surface area contributed by atoms with Crippen LogP contribution < -0.4 is 15.8 Å². The van der Waals surface area contributed by atoms with E-state index in [-0.39, 0.29) is 23.7 Å². The number of anilines is 2. The van der Waals surface area contributed by atoms with E-state index in [4.69, 9.17) is 10.00 Å². The molecule has 2 aromatic heterocycles. The molecular formula is C22H27N7O3. The van der Waals surface area contributed by atoms with Crippen molar-refractivity contribution in [3.63, 3.8) is 0 Å². The lowest BCUT2D eigenvalue weighted by Gasteiger charge is -2.35. The van der Waals surface area contributed by atoms with Gasteiger partial charge in [-0.05, 0) is 31.9 Å². The summed E-state index contributed by atoms with van der Waals surface area (Å²) in [5.41, 5.74) is 1.63. The van der Waals surface area contributed by atoms with E-state index in [1.807, 2.05) is 11.0 Å². The molecule has 0 bridgehead atoms. The normalized spacial score (nSPS) is 20.8. The SMILES string of the molecule is Cc1c(NC[C@H]2CC[C@H](CC(=O)N3CCN(c4ccc(C#N)cn4)CC3)O2)cn[nH]c1=O. The summed E-state index contributed by atoms with van der Waals surface area (Å²) in [5.74, 6) is 0.946. The maximum absolute atomic E-state index is 12.8. The van der Waals surface area contributed by atoms with Gasteiger partial charge in [-0.3, -0.25) is 9.59 Å². The van der Waals surface area contributed by atoms with Gasteiger partial charge in [0.05, 0.1) is 36.1 Å². The minimum absolute atomic E-state index is 0.00536.